The van der Waals surface area contributed by atoms with Crippen molar-refractivity contribution in [1.82, 2.24) is 0 Å². The van der Waals surface area contributed by atoms with Crippen molar-refractivity contribution in [2.75, 3.05) is 5.75 Å². The Hall–Kier alpha value is -0.730. The predicted molar refractivity (Wildman–Crippen MR) is 62.2 cm³/mol. The smallest absolute Gasteiger partial charge is 0.159 e. The summed E-state index contributed by atoms with van der Waals surface area (Å²) < 4.78 is 0. The zero-order valence-corrected chi connectivity index (χ0v) is 9.49. The monoisotopic (exact) mass is 226 g/mol. The lowest BCUT2D eigenvalue weighted by molar-refractivity contribution is 0.101. The molecule has 3 heteroatoms. The third-order valence-electron chi connectivity index (χ3n) is 1.64. The lowest BCUT2D eigenvalue weighted by atomic mass is 10.2. The summed E-state index contributed by atoms with van der Waals surface area (Å²) in [6.07, 6.45) is 0. The number of halogens is 1. The number of ketones is 1. The molecule has 0 amide bonds. The molecular weight excluding hydrogens is 216 g/mol. The van der Waals surface area contributed by atoms with Crippen LogP contribution in [0.15, 0.2) is 40.8 Å². The van der Waals surface area contributed by atoms with E-state index in [2.05, 4.69) is 6.58 Å². The summed E-state index contributed by atoms with van der Waals surface area (Å²) in [6.45, 7) is 5.17. The summed E-state index contributed by atoms with van der Waals surface area (Å²) in [7, 11) is 0. The van der Waals surface area contributed by atoms with E-state index in [4.69, 9.17) is 11.6 Å². The fourth-order valence-corrected chi connectivity index (χ4v) is 1.84. The van der Waals surface area contributed by atoms with Gasteiger partial charge < -0.3 is 0 Å². The predicted octanol–water partition coefficient (Wildman–Crippen LogP) is 3.73. The van der Waals surface area contributed by atoms with Gasteiger partial charge in [-0.25, -0.2) is 0 Å². The van der Waals surface area contributed by atoms with Gasteiger partial charge in [-0.15, -0.1) is 11.8 Å². The van der Waals surface area contributed by atoms with Crippen molar-refractivity contribution in [3.63, 3.8) is 0 Å². The standard InChI is InChI=1S/C11H11ClOS/c1-8(12)7-14-11-5-3-4-10(6-11)9(2)13/h3-6H,1,7H2,2H3. The third kappa shape index (κ3) is 3.56. The minimum Gasteiger partial charge on any atom is -0.295 e. The molecule has 1 aromatic carbocycles. The molecule has 0 saturated carbocycles. The number of hydrogen-bond acceptors (Lipinski definition) is 2. The molecule has 1 nitrogen and oxygen atoms in total. The summed E-state index contributed by atoms with van der Waals surface area (Å²) in [5.74, 6) is 0.750. The summed E-state index contributed by atoms with van der Waals surface area (Å²) in [5.41, 5.74) is 0.732. The molecule has 0 spiro atoms. The molecule has 0 aliphatic heterocycles. The highest BCUT2D eigenvalue weighted by molar-refractivity contribution is 7.99. The van der Waals surface area contributed by atoms with Crippen LogP contribution >= 0.6 is 23.4 Å². The summed E-state index contributed by atoms with van der Waals surface area (Å²) in [4.78, 5) is 12.1. The van der Waals surface area contributed by atoms with Crippen LogP contribution in [0.3, 0.4) is 0 Å². The first-order valence-corrected chi connectivity index (χ1v) is 5.53. The van der Waals surface area contributed by atoms with Gasteiger partial charge in [0.15, 0.2) is 5.78 Å². The Kier molecular flexibility index (Phi) is 4.23. The Morgan fingerprint density at radius 2 is 2.29 bits per heavy atom. The molecule has 0 N–H and O–H groups in total. The number of Topliss-reactive ketones (excluding diaryl/α,β-unsaturated/α-hetero) is 1. The maximum absolute atomic E-state index is 11.1. The van der Waals surface area contributed by atoms with Gasteiger partial charge in [0.05, 0.1) is 0 Å². The quantitative estimate of drug-likeness (QED) is 0.575. The highest BCUT2D eigenvalue weighted by Crippen LogP contribution is 2.22. The van der Waals surface area contributed by atoms with E-state index >= 15 is 0 Å². The summed E-state index contributed by atoms with van der Waals surface area (Å²) in [6, 6.07) is 7.50. The molecule has 0 aliphatic carbocycles. The fraction of sp³-hybridized carbons (Fsp3) is 0.182. The largest absolute Gasteiger partial charge is 0.295 e. The fourth-order valence-electron chi connectivity index (χ4n) is 0.967. The van der Waals surface area contributed by atoms with E-state index in [-0.39, 0.29) is 5.78 Å². The Balaban J connectivity index is 2.73. The van der Waals surface area contributed by atoms with Crippen LogP contribution in [0.1, 0.15) is 17.3 Å². The molecule has 0 aliphatic rings. The van der Waals surface area contributed by atoms with Crippen LogP contribution in [-0.2, 0) is 0 Å². The molecule has 0 atom stereocenters. The van der Waals surface area contributed by atoms with E-state index < -0.39 is 0 Å². The third-order valence-corrected chi connectivity index (χ3v) is 3.01. The Bertz CT molecular complexity index is 360. The van der Waals surface area contributed by atoms with Crippen LogP contribution in [0.25, 0.3) is 0 Å². The average molecular weight is 227 g/mol. The van der Waals surface area contributed by atoms with E-state index in [1.54, 1.807) is 18.7 Å². The van der Waals surface area contributed by atoms with Crippen molar-refractivity contribution < 1.29 is 4.79 Å². The number of thioether (sulfide) groups is 1. The lowest BCUT2D eigenvalue weighted by Crippen LogP contribution is -1.91. The second kappa shape index (κ2) is 5.23. The maximum atomic E-state index is 11.1. The molecule has 0 saturated heterocycles. The van der Waals surface area contributed by atoms with Crippen LogP contribution in [0.4, 0.5) is 0 Å². The van der Waals surface area contributed by atoms with Gasteiger partial charge in [-0.2, -0.15) is 0 Å². The van der Waals surface area contributed by atoms with Crippen LogP contribution < -0.4 is 0 Å². The molecule has 1 rings (SSSR count). The van der Waals surface area contributed by atoms with Gasteiger partial charge >= 0.3 is 0 Å². The van der Waals surface area contributed by atoms with Crippen molar-refractivity contribution in [2.45, 2.75) is 11.8 Å². The van der Waals surface area contributed by atoms with E-state index in [0.717, 1.165) is 10.5 Å². The first-order valence-electron chi connectivity index (χ1n) is 4.16. The van der Waals surface area contributed by atoms with Gasteiger partial charge in [-0.05, 0) is 19.1 Å². The molecule has 14 heavy (non-hydrogen) atoms. The maximum Gasteiger partial charge on any atom is 0.159 e. The van der Waals surface area contributed by atoms with Gasteiger partial charge in [-0.1, -0.05) is 30.3 Å². The minimum absolute atomic E-state index is 0.0807. The second-order valence-electron chi connectivity index (χ2n) is 2.89. The molecule has 0 radical (unpaired) electrons. The van der Waals surface area contributed by atoms with Crippen LogP contribution in [-0.4, -0.2) is 11.5 Å². The van der Waals surface area contributed by atoms with E-state index in [0.29, 0.717) is 10.8 Å². The van der Waals surface area contributed by atoms with Crippen LogP contribution in [0.5, 0.6) is 0 Å². The first kappa shape index (κ1) is 11.3. The molecule has 74 valence electrons. The zero-order chi connectivity index (χ0) is 10.6. The normalized spacial score (nSPS) is 9.86. The topological polar surface area (TPSA) is 17.1 Å². The van der Waals surface area contributed by atoms with E-state index in [9.17, 15) is 4.79 Å². The lowest BCUT2D eigenvalue weighted by Gasteiger charge is -2.01. The minimum atomic E-state index is 0.0807. The molecule has 0 unspecified atom stereocenters. The molecule has 0 fully saturated rings. The Labute approximate surface area is 93.2 Å². The average Bonchev–Trinajstić information content (AvgIpc) is 2.15. The second-order valence-corrected chi connectivity index (χ2v) is 4.47. The van der Waals surface area contributed by atoms with Crippen molar-refractivity contribution >= 4 is 29.1 Å². The summed E-state index contributed by atoms with van der Waals surface area (Å²) >= 11 is 7.22. The first-order chi connectivity index (χ1) is 6.59. The van der Waals surface area contributed by atoms with E-state index in [1.807, 2.05) is 24.3 Å². The Morgan fingerprint density at radius 1 is 1.57 bits per heavy atom. The van der Waals surface area contributed by atoms with Crippen LogP contribution in [0, 0.1) is 0 Å². The van der Waals surface area contributed by atoms with Gasteiger partial charge in [0.2, 0.25) is 0 Å². The number of rotatable bonds is 4. The van der Waals surface area contributed by atoms with Crippen molar-refractivity contribution in [1.29, 1.82) is 0 Å². The molecule has 0 aromatic heterocycles. The SMILES string of the molecule is C=C(Cl)CSc1cccc(C(C)=O)c1. The van der Waals surface area contributed by atoms with Crippen molar-refractivity contribution in [3.05, 3.63) is 41.4 Å². The number of carbonyl (C=O) groups is 1. The number of carbonyl (C=O) groups excluding carboxylic acids is 1. The van der Waals surface area contributed by atoms with Crippen molar-refractivity contribution in [3.8, 4) is 0 Å². The molecular formula is C11H11ClOS. The van der Waals surface area contributed by atoms with Crippen molar-refractivity contribution in [2.24, 2.45) is 0 Å². The van der Waals surface area contributed by atoms with Gasteiger partial charge in [0.1, 0.15) is 0 Å². The van der Waals surface area contributed by atoms with Gasteiger partial charge in [-0.3, -0.25) is 4.79 Å². The summed E-state index contributed by atoms with van der Waals surface area (Å²) in [5, 5.41) is 0.614. The highest BCUT2D eigenvalue weighted by Gasteiger charge is 2.00. The van der Waals surface area contributed by atoms with E-state index in [1.165, 1.54) is 0 Å². The van der Waals surface area contributed by atoms with Crippen LogP contribution in [0.2, 0.25) is 0 Å². The zero-order valence-electron chi connectivity index (χ0n) is 7.92. The number of benzene rings is 1. The molecule has 0 heterocycles. The van der Waals surface area contributed by atoms with Gasteiger partial charge in [0, 0.05) is 21.2 Å². The number of hydrogen-bond donors (Lipinski definition) is 0. The Morgan fingerprint density at radius 3 is 2.86 bits per heavy atom. The highest BCUT2D eigenvalue weighted by atomic mass is 35.5. The molecule has 0 bridgehead atoms. The van der Waals surface area contributed by atoms with Gasteiger partial charge in [0.25, 0.3) is 0 Å². The molecule has 1 aromatic rings.